The van der Waals surface area contributed by atoms with E-state index in [-0.39, 0.29) is 23.8 Å². The summed E-state index contributed by atoms with van der Waals surface area (Å²) in [4.78, 5) is 37.0. The lowest BCUT2D eigenvalue weighted by atomic mass is 10.1. The fourth-order valence-electron chi connectivity index (χ4n) is 2.49. The van der Waals surface area contributed by atoms with Crippen LogP contribution in [0.5, 0.6) is 0 Å². The molecule has 6 nitrogen and oxygen atoms in total. The molecule has 0 radical (unpaired) electrons. The van der Waals surface area contributed by atoms with Crippen LogP contribution in [-0.4, -0.2) is 36.1 Å². The van der Waals surface area contributed by atoms with E-state index in [0.29, 0.717) is 6.42 Å². The van der Waals surface area contributed by atoms with E-state index in [9.17, 15) is 19.5 Å². The van der Waals surface area contributed by atoms with Crippen molar-refractivity contribution in [3.8, 4) is 0 Å². The predicted molar refractivity (Wildman–Crippen MR) is 66.6 cm³/mol. The molecule has 2 heterocycles. The van der Waals surface area contributed by atoms with E-state index in [2.05, 4.69) is 0 Å². The number of rotatable bonds is 2. The van der Waals surface area contributed by atoms with Crippen molar-refractivity contribution in [2.24, 2.45) is 0 Å². The molecular formula is C12H11NO5S. The molecular weight excluding hydrogens is 270 g/mol. The molecule has 1 N–H and O–H groups in total. The van der Waals surface area contributed by atoms with Gasteiger partial charge in [-0.3, -0.25) is 9.59 Å². The van der Waals surface area contributed by atoms with E-state index >= 15 is 0 Å². The maximum atomic E-state index is 11.8. The molecule has 2 aliphatic rings. The summed E-state index contributed by atoms with van der Waals surface area (Å²) in [5.74, 6) is -2.08. The monoisotopic (exact) mass is 281 g/mol. The zero-order valence-electron chi connectivity index (χ0n) is 9.97. The molecule has 7 heteroatoms. The van der Waals surface area contributed by atoms with Gasteiger partial charge in [0.15, 0.2) is 0 Å². The minimum atomic E-state index is -1.08. The normalized spacial score (nSPS) is 18.8. The minimum absolute atomic E-state index is 0.112. The number of aryl methyl sites for hydroxylation is 1. The first-order chi connectivity index (χ1) is 9.09. The van der Waals surface area contributed by atoms with Crippen LogP contribution in [0.15, 0.2) is 0 Å². The molecule has 1 saturated heterocycles. The number of aromatic carboxylic acids is 1. The molecule has 3 rings (SSSR count). The summed E-state index contributed by atoms with van der Waals surface area (Å²) in [7, 11) is 0. The second-order valence-electron chi connectivity index (χ2n) is 4.46. The highest BCUT2D eigenvalue weighted by Gasteiger charge is 2.36. The van der Waals surface area contributed by atoms with E-state index < -0.39 is 17.8 Å². The quantitative estimate of drug-likeness (QED) is 0.811. The lowest BCUT2D eigenvalue weighted by Crippen LogP contribution is -2.46. The second-order valence-corrected chi connectivity index (χ2v) is 5.54. The number of anilines is 1. The number of fused-ring (bicyclic) bond motifs is 1. The lowest BCUT2D eigenvalue weighted by Gasteiger charge is -2.24. The van der Waals surface area contributed by atoms with Gasteiger partial charge >= 0.3 is 5.97 Å². The van der Waals surface area contributed by atoms with Gasteiger partial charge in [0.25, 0.3) is 11.8 Å². The molecule has 0 saturated carbocycles. The van der Waals surface area contributed by atoms with E-state index in [4.69, 9.17) is 4.74 Å². The van der Waals surface area contributed by atoms with Gasteiger partial charge in [0, 0.05) is 4.88 Å². The van der Waals surface area contributed by atoms with Crippen LogP contribution in [0, 0.1) is 0 Å². The van der Waals surface area contributed by atoms with Gasteiger partial charge < -0.3 is 9.84 Å². The number of imide groups is 1. The first-order valence-corrected chi connectivity index (χ1v) is 6.72. The van der Waals surface area contributed by atoms with Crippen LogP contribution < -0.4 is 4.90 Å². The van der Waals surface area contributed by atoms with Crippen molar-refractivity contribution in [1.29, 1.82) is 0 Å². The number of hydrogen-bond acceptors (Lipinski definition) is 5. The fourth-order valence-corrected chi connectivity index (χ4v) is 3.90. The third kappa shape index (κ3) is 1.85. The summed E-state index contributed by atoms with van der Waals surface area (Å²) >= 11 is 1.24. The van der Waals surface area contributed by atoms with Gasteiger partial charge in [-0.1, -0.05) is 0 Å². The summed E-state index contributed by atoms with van der Waals surface area (Å²) in [5.41, 5.74) is 0.890. The van der Waals surface area contributed by atoms with Crippen molar-refractivity contribution >= 4 is 34.1 Å². The molecule has 0 unspecified atom stereocenters. The number of ether oxygens (including phenoxy) is 1. The largest absolute Gasteiger partial charge is 0.478 e. The Morgan fingerprint density at radius 3 is 2.53 bits per heavy atom. The smallest absolute Gasteiger partial charge is 0.339 e. The van der Waals surface area contributed by atoms with Gasteiger partial charge in [-0.15, -0.1) is 11.3 Å². The Hall–Kier alpha value is -1.73. The highest BCUT2D eigenvalue weighted by Crippen LogP contribution is 2.41. The number of carbonyl (C=O) groups is 3. The third-order valence-electron chi connectivity index (χ3n) is 3.27. The molecule has 0 spiro atoms. The van der Waals surface area contributed by atoms with Crippen molar-refractivity contribution in [1.82, 2.24) is 0 Å². The number of nitrogens with zero attached hydrogens (tertiary/aromatic N) is 1. The average Bonchev–Trinajstić information content (AvgIpc) is 2.87. The van der Waals surface area contributed by atoms with E-state index in [1.807, 2.05) is 0 Å². The average molecular weight is 281 g/mol. The predicted octanol–water partition coefficient (Wildman–Crippen LogP) is 0.825. The maximum absolute atomic E-state index is 11.8. The molecule has 0 aromatic carbocycles. The standard InChI is InChI=1S/C12H11NO5S/c14-8-4-18-5-9(15)13(8)11-10(12(16)17)6-2-1-3-7(6)19-11/h1-5H2,(H,16,17). The Kier molecular flexibility index (Phi) is 2.87. The number of carboxylic acids is 1. The van der Waals surface area contributed by atoms with Crippen molar-refractivity contribution in [3.05, 3.63) is 16.0 Å². The van der Waals surface area contributed by atoms with Gasteiger partial charge in [0.1, 0.15) is 18.2 Å². The van der Waals surface area contributed by atoms with Crippen LogP contribution in [0.3, 0.4) is 0 Å². The van der Waals surface area contributed by atoms with Crippen LogP contribution >= 0.6 is 11.3 Å². The zero-order valence-corrected chi connectivity index (χ0v) is 10.8. The summed E-state index contributed by atoms with van der Waals surface area (Å²) in [6, 6.07) is 0. The Morgan fingerprint density at radius 1 is 1.21 bits per heavy atom. The molecule has 0 bridgehead atoms. The summed E-state index contributed by atoms with van der Waals surface area (Å²) < 4.78 is 4.84. The van der Waals surface area contributed by atoms with Crippen LogP contribution in [0.25, 0.3) is 0 Å². The number of thiophene rings is 1. The van der Waals surface area contributed by atoms with E-state index in [0.717, 1.165) is 28.2 Å². The minimum Gasteiger partial charge on any atom is -0.478 e. The van der Waals surface area contributed by atoms with Crippen LogP contribution in [0.1, 0.15) is 27.2 Å². The Bertz CT molecular complexity index is 575. The van der Waals surface area contributed by atoms with E-state index in [1.54, 1.807) is 0 Å². The molecule has 1 aliphatic carbocycles. The summed E-state index contributed by atoms with van der Waals surface area (Å²) in [6.07, 6.45) is 2.43. The fraction of sp³-hybridized carbons (Fsp3) is 0.417. The highest BCUT2D eigenvalue weighted by molar-refractivity contribution is 7.17. The third-order valence-corrected chi connectivity index (χ3v) is 4.55. The van der Waals surface area contributed by atoms with Crippen LogP contribution in [0.2, 0.25) is 0 Å². The molecule has 19 heavy (non-hydrogen) atoms. The molecule has 1 aliphatic heterocycles. The maximum Gasteiger partial charge on any atom is 0.339 e. The molecule has 1 aromatic heterocycles. The van der Waals surface area contributed by atoms with Gasteiger partial charge in [-0.25, -0.2) is 9.69 Å². The van der Waals surface area contributed by atoms with Crippen LogP contribution in [-0.2, 0) is 27.2 Å². The Morgan fingerprint density at radius 2 is 1.89 bits per heavy atom. The first-order valence-electron chi connectivity index (χ1n) is 5.91. The summed E-state index contributed by atoms with van der Waals surface area (Å²) in [6.45, 7) is -0.374. The van der Waals surface area contributed by atoms with Gasteiger partial charge in [0.05, 0.1) is 5.56 Å². The number of carbonyl (C=O) groups excluding carboxylic acids is 2. The Labute approximate surface area is 112 Å². The Balaban J connectivity index is 2.12. The van der Waals surface area contributed by atoms with Crippen LogP contribution in [0.4, 0.5) is 5.00 Å². The molecule has 1 aromatic rings. The van der Waals surface area contributed by atoms with E-state index in [1.165, 1.54) is 11.3 Å². The van der Waals surface area contributed by atoms with Gasteiger partial charge in [0.2, 0.25) is 0 Å². The number of hydrogen-bond donors (Lipinski definition) is 1. The van der Waals surface area contributed by atoms with Crippen molar-refractivity contribution in [2.45, 2.75) is 19.3 Å². The molecule has 1 fully saturated rings. The second kappa shape index (κ2) is 4.43. The zero-order chi connectivity index (χ0) is 13.6. The lowest BCUT2D eigenvalue weighted by molar-refractivity contribution is -0.138. The first kappa shape index (κ1) is 12.3. The van der Waals surface area contributed by atoms with Crippen molar-refractivity contribution < 1.29 is 24.2 Å². The highest BCUT2D eigenvalue weighted by atomic mass is 32.1. The number of amides is 2. The topological polar surface area (TPSA) is 83.9 Å². The van der Waals surface area contributed by atoms with Gasteiger partial charge in [-0.05, 0) is 24.8 Å². The number of morpholine rings is 1. The molecule has 0 atom stereocenters. The molecule has 100 valence electrons. The molecule has 2 amide bonds. The summed E-state index contributed by atoms with van der Waals surface area (Å²) in [5, 5.41) is 9.59. The SMILES string of the molecule is O=C(O)c1c(N2C(=O)COCC2=O)sc2c1CCC2. The number of carboxylic acid groups (broad SMARTS) is 1. The van der Waals surface area contributed by atoms with Crippen molar-refractivity contribution in [3.63, 3.8) is 0 Å². The van der Waals surface area contributed by atoms with Gasteiger partial charge in [-0.2, -0.15) is 0 Å². The van der Waals surface area contributed by atoms with Crippen molar-refractivity contribution in [2.75, 3.05) is 18.1 Å².